The molecule has 0 aliphatic rings. The highest BCUT2D eigenvalue weighted by atomic mass is 32.1. The number of nitrogens with zero attached hydrogens (tertiary/aromatic N) is 2. The summed E-state index contributed by atoms with van der Waals surface area (Å²) in [5, 5.41) is 11.5. The first-order valence-electron chi connectivity index (χ1n) is 16.5. The topological polar surface area (TPSA) is 147 Å². The van der Waals surface area contributed by atoms with Crippen molar-refractivity contribution in [3.8, 4) is 0 Å². The van der Waals surface area contributed by atoms with E-state index >= 15 is 0 Å². The fourth-order valence-corrected chi connectivity index (χ4v) is 6.02. The molecule has 10 nitrogen and oxygen atoms in total. The molecule has 4 amide bonds. The SMILES string of the molecule is CCCN(CCC)C(=O)c1cccc(C(=O)N[C@@H](Cc2nccs2)[C@@H](N)C[C@@H](C)C(=O)N[C@H](C(=O)NCc2ccccc2)C(C)C)c1. The van der Waals surface area contributed by atoms with Crippen molar-refractivity contribution >= 4 is 35.0 Å². The Hall–Kier alpha value is -4.09. The van der Waals surface area contributed by atoms with Gasteiger partial charge in [0.25, 0.3) is 11.8 Å². The van der Waals surface area contributed by atoms with Crippen molar-refractivity contribution in [3.05, 3.63) is 87.9 Å². The molecule has 0 unspecified atom stereocenters. The van der Waals surface area contributed by atoms with Crippen LogP contribution in [-0.4, -0.2) is 64.7 Å². The van der Waals surface area contributed by atoms with E-state index in [0.29, 0.717) is 37.2 Å². The number of amides is 4. The fourth-order valence-electron chi connectivity index (χ4n) is 5.34. The van der Waals surface area contributed by atoms with E-state index in [-0.39, 0.29) is 36.0 Å². The van der Waals surface area contributed by atoms with Crippen LogP contribution in [0.5, 0.6) is 0 Å². The number of benzene rings is 2. The van der Waals surface area contributed by atoms with E-state index in [0.717, 1.165) is 23.4 Å². The summed E-state index contributed by atoms with van der Waals surface area (Å²) >= 11 is 1.46. The number of rotatable bonds is 18. The third kappa shape index (κ3) is 11.6. The number of nitrogens with one attached hydrogen (secondary N) is 3. The summed E-state index contributed by atoms with van der Waals surface area (Å²) in [6, 6.07) is 14.5. The Bertz CT molecular complexity index is 1430. The second kappa shape index (κ2) is 18.9. The second-order valence-corrected chi connectivity index (χ2v) is 13.3. The first-order valence-corrected chi connectivity index (χ1v) is 17.4. The van der Waals surface area contributed by atoms with Crippen LogP contribution in [0, 0.1) is 11.8 Å². The average Bonchev–Trinajstić information content (AvgIpc) is 3.58. The van der Waals surface area contributed by atoms with Gasteiger partial charge in [-0.05, 0) is 48.9 Å². The van der Waals surface area contributed by atoms with Gasteiger partial charge in [0, 0.05) is 60.7 Å². The van der Waals surface area contributed by atoms with Crippen molar-refractivity contribution < 1.29 is 19.2 Å². The maximum Gasteiger partial charge on any atom is 0.253 e. The first-order chi connectivity index (χ1) is 22.5. The molecule has 0 spiro atoms. The van der Waals surface area contributed by atoms with E-state index in [9.17, 15) is 19.2 Å². The molecule has 1 heterocycles. The molecule has 47 heavy (non-hydrogen) atoms. The molecule has 0 bridgehead atoms. The number of thiazole rings is 1. The molecule has 1 aromatic heterocycles. The van der Waals surface area contributed by atoms with Gasteiger partial charge < -0.3 is 26.6 Å². The second-order valence-electron chi connectivity index (χ2n) is 12.3. The fraction of sp³-hybridized carbons (Fsp3) is 0.472. The maximum absolute atomic E-state index is 13.5. The highest BCUT2D eigenvalue weighted by Gasteiger charge is 2.30. The summed E-state index contributed by atoms with van der Waals surface area (Å²) < 4.78 is 0. The largest absolute Gasteiger partial charge is 0.350 e. The minimum absolute atomic E-state index is 0.104. The summed E-state index contributed by atoms with van der Waals surface area (Å²) in [7, 11) is 0. The Kier molecular flexibility index (Phi) is 15.0. The van der Waals surface area contributed by atoms with Gasteiger partial charge in [-0.1, -0.05) is 71.0 Å². The molecule has 3 rings (SSSR count). The molecule has 4 atom stereocenters. The molecule has 2 aromatic carbocycles. The van der Waals surface area contributed by atoms with Crippen LogP contribution in [0.3, 0.4) is 0 Å². The van der Waals surface area contributed by atoms with Crippen molar-refractivity contribution in [1.29, 1.82) is 0 Å². The summed E-state index contributed by atoms with van der Waals surface area (Å²) in [6.07, 6.45) is 4.04. The smallest absolute Gasteiger partial charge is 0.253 e. The Balaban J connectivity index is 1.68. The van der Waals surface area contributed by atoms with Gasteiger partial charge in [0.2, 0.25) is 11.8 Å². The minimum Gasteiger partial charge on any atom is -0.350 e. The molecule has 0 aliphatic carbocycles. The number of aromatic nitrogens is 1. The van der Waals surface area contributed by atoms with Gasteiger partial charge in [0.1, 0.15) is 6.04 Å². The lowest BCUT2D eigenvalue weighted by molar-refractivity contribution is -0.132. The van der Waals surface area contributed by atoms with Crippen molar-refractivity contribution in [3.63, 3.8) is 0 Å². The predicted octanol–water partition coefficient (Wildman–Crippen LogP) is 4.56. The summed E-state index contributed by atoms with van der Waals surface area (Å²) in [5.41, 5.74) is 8.47. The zero-order valence-electron chi connectivity index (χ0n) is 28.2. The van der Waals surface area contributed by atoms with Gasteiger partial charge in [-0.2, -0.15) is 0 Å². The number of carbonyl (C=O) groups excluding carboxylic acids is 4. The van der Waals surface area contributed by atoms with Crippen LogP contribution in [0.4, 0.5) is 0 Å². The van der Waals surface area contributed by atoms with E-state index in [1.807, 2.05) is 63.4 Å². The van der Waals surface area contributed by atoms with Gasteiger partial charge >= 0.3 is 0 Å². The molecule has 0 fully saturated rings. The highest BCUT2D eigenvalue weighted by Crippen LogP contribution is 2.17. The van der Waals surface area contributed by atoms with Crippen molar-refractivity contribution in [2.45, 2.75) is 85.0 Å². The molecule has 254 valence electrons. The van der Waals surface area contributed by atoms with E-state index in [2.05, 4.69) is 20.9 Å². The molecule has 11 heteroatoms. The molecule has 3 aromatic rings. The molecule has 0 radical (unpaired) electrons. The van der Waals surface area contributed by atoms with Gasteiger partial charge in [-0.15, -0.1) is 11.3 Å². The number of nitrogens with two attached hydrogens (primary N) is 1. The van der Waals surface area contributed by atoms with Crippen molar-refractivity contribution in [2.75, 3.05) is 13.1 Å². The molecule has 0 saturated heterocycles. The van der Waals surface area contributed by atoms with E-state index in [1.165, 1.54) is 11.3 Å². The highest BCUT2D eigenvalue weighted by molar-refractivity contribution is 7.09. The van der Waals surface area contributed by atoms with Crippen LogP contribution in [0.25, 0.3) is 0 Å². The monoisotopic (exact) mass is 662 g/mol. The van der Waals surface area contributed by atoms with Crippen LogP contribution in [0.1, 0.15) is 85.2 Å². The molecule has 0 saturated carbocycles. The lowest BCUT2D eigenvalue weighted by atomic mass is 9.93. The average molecular weight is 663 g/mol. The standard InChI is InChI=1S/C36H50N6O4S/c1-6-17-42(18-7-2)36(46)28-15-11-14-27(21-28)34(44)40-30(22-31-38-16-19-47-31)29(37)20-25(5)33(43)41-32(24(3)4)35(45)39-23-26-12-9-8-10-13-26/h8-16,19,21,24-25,29-30,32H,6-7,17-18,20,22-23,37H2,1-5H3,(H,39,45)(H,40,44)(H,41,43)/t25-,29+,30+,32+/m1/s1. The van der Waals surface area contributed by atoms with Gasteiger partial charge in [-0.25, -0.2) is 4.98 Å². The zero-order valence-corrected chi connectivity index (χ0v) is 29.0. The van der Waals surface area contributed by atoms with E-state index in [1.54, 1.807) is 42.3 Å². The van der Waals surface area contributed by atoms with Crippen LogP contribution < -0.4 is 21.7 Å². The number of hydrogen-bond acceptors (Lipinski definition) is 7. The number of carbonyl (C=O) groups is 4. The Morgan fingerprint density at radius 2 is 1.57 bits per heavy atom. The summed E-state index contributed by atoms with van der Waals surface area (Å²) in [4.78, 5) is 59.3. The van der Waals surface area contributed by atoms with Gasteiger partial charge in [0.05, 0.1) is 11.0 Å². The molecular weight excluding hydrogens is 613 g/mol. The van der Waals surface area contributed by atoms with Crippen LogP contribution in [-0.2, 0) is 22.6 Å². The van der Waals surface area contributed by atoms with Crippen LogP contribution >= 0.6 is 11.3 Å². The van der Waals surface area contributed by atoms with Crippen LogP contribution in [0.15, 0.2) is 66.2 Å². The van der Waals surface area contributed by atoms with Gasteiger partial charge in [0.15, 0.2) is 0 Å². The maximum atomic E-state index is 13.5. The molecular formula is C36H50N6O4S. The minimum atomic E-state index is -0.712. The Morgan fingerprint density at radius 3 is 2.19 bits per heavy atom. The Labute approximate surface area is 282 Å². The van der Waals surface area contributed by atoms with E-state index < -0.39 is 24.0 Å². The molecule has 0 aliphatic heterocycles. The summed E-state index contributed by atoms with van der Waals surface area (Å²) in [6.45, 7) is 11.3. The third-order valence-electron chi connectivity index (χ3n) is 7.99. The summed E-state index contributed by atoms with van der Waals surface area (Å²) in [5.74, 6) is -1.67. The quantitative estimate of drug-likeness (QED) is 0.157. The predicted molar refractivity (Wildman–Crippen MR) is 187 cm³/mol. The Morgan fingerprint density at radius 1 is 0.894 bits per heavy atom. The lowest BCUT2D eigenvalue weighted by Gasteiger charge is -2.28. The van der Waals surface area contributed by atoms with Crippen molar-refractivity contribution in [2.24, 2.45) is 17.6 Å². The third-order valence-corrected chi connectivity index (χ3v) is 8.79. The first kappa shape index (κ1) is 37.4. The normalized spacial score (nSPS) is 13.7. The van der Waals surface area contributed by atoms with Crippen LogP contribution in [0.2, 0.25) is 0 Å². The van der Waals surface area contributed by atoms with E-state index in [4.69, 9.17) is 5.73 Å². The van der Waals surface area contributed by atoms with Crippen molar-refractivity contribution in [1.82, 2.24) is 25.8 Å². The lowest BCUT2D eigenvalue weighted by Crippen LogP contribution is -2.53. The zero-order chi connectivity index (χ0) is 34.3. The van der Waals surface area contributed by atoms with Gasteiger partial charge in [-0.3, -0.25) is 19.2 Å². The number of hydrogen-bond donors (Lipinski definition) is 4. The molecule has 5 N–H and O–H groups in total.